The molecule has 0 saturated heterocycles. The summed E-state index contributed by atoms with van der Waals surface area (Å²) in [6.07, 6.45) is 3.18. The number of hydrogen-bond acceptors (Lipinski definition) is 8. The summed E-state index contributed by atoms with van der Waals surface area (Å²) >= 11 is 0. The number of carboxylic acids is 1. The molecule has 196 valence electrons. The number of carbonyl (C=O) groups excluding carboxylic acids is 2. The molecule has 0 saturated carbocycles. The number of aromatic carboxylic acids is 1. The molecule has 4 rings (SSSR count). The maximum Gasteiger partial charge on any atom is 0.354 e. The van der Waals surface area contributed by atoms with E-state index in [1.165, 1.54) is 25.8 Å². The Morgan fingerprint density at radius 1 is 1.05 bits per heavy atom. The Morgan fingerprint density at radius 3 is 2.55 bits per heavy atom. The fourth-order valence-electron chi connectivity index (χ4n) is 3.72. The number of pyridine rings is 1. The number of para-hydroxylation sites is 1. The van der Waals surface area contributed by atoms with Gasteiger partial charge in [0.2, 0.25) is 0 Å². The molecule has 0 atom stereocenters. The monoisotopic (exact) mass is 518 g/mol. The Kier molecular flexibility index (Phi) is 7.56. The lowest BCUT2D eigenvalue weighted by atomic mass is 10.0. The first-order chi connectivity index (χ1) is 18.2. The average molecular weight is 519 g/mol. The molecule has 2 amide bonds. The zero-order chi connectivity index (χ0) is 27.3. The minimum absolute atomic E-state index is 0.131. The minimum Gasteiger partial charge on any atom is -0.496 e. The molecule has 38 heavy (non-hydrogen) atoms. The van der Waals surface area contributed by atoms with Gasteiger partial charge >= 0.3 is 17.8 Å². The summed E-state index contributed by atoms with van der Waals surface area (Å²) < 4.78 is 16.5. The molecule has 0 radical (unpaired) electrons. The second-order valence-electron chi connectivity index (χ2n) is 9.00. The number of hydrogen-bond donors (Lipinski definition) is 3. The summed E-state index contributed by atoms with van der Waals surface area (Å²) in [5, 5.41) is 15.3. The van der Waals surface area contributed by atoms with Gasteiger partial charge in [0, 0.05) is 35.2 Å². The number of rotatable bonds is 9. The third-order valence-corrected chi connectivity index (χ3v) is 5.70. The number of ether oxygens (including phenoxy) is 2. The van der Waals surface area contributed by atoms with Crippen LogP contribution in [0.3, 0.4) is 0 Å². The standard InChI is InChI=1S/C27H26N4O7/c1-27(2,10-11-37-22-13-20(26(34)35)30-19-7-5-4-6-17(19)22)31-25(33)24(32)29-16-8-9-18(21(12-16)36-3)23-14-28-15-38-23/h4-9,12-15H,10-11H2,1-3H3,(H,29,32)(H,31,33)(H,34,35). The molecule has 0 unspecified atom stereocenters. The molecule has 0 fully saturated rings. The van der Waals surface area contributed by atoms with Gasteiger partial charge in [-0.25, -0.2) is 14.8 Å². The highest BCUT2D eigenvalue weighted by atomic mass is 16.5. The van der Waals surface area contributed by atoms with Crippen LogP contribution >= 0.6 is 0 Å². The van der Waals surface area contributed by atoms with Gasteiger partial charge in [-0.2, -0.15) is 0 Å². The van der Waals surface area contributed by atoms with Gasteiger partial charge in [0.25, 0.3) is 0 Å². The van der Waals surface area contributed by atoms with Crippen molar-refractivity contribution in [2.45, 2.75) is 25.8 Å². The molecule has 0 aliphatic rings. The SMILES string of the molecule is COc1cc(NC(=O)C(=O)NC(C)(C)CCOc2cc(C(=O)O)nc3ccccc23)ccc1-c1cnco1. The van der Waals surface area contributed by atoms with Gasteiger partial charge in [0.1, 0.15) is 11.5 Å². The molecule has 11 nitrogen and oxygen atoms in total. The van der Waals surface area contributed by atoms with Crippen molar-refractivity contribution in [1.29, 1.82) is 0 Å². The molecule has 2 aromatic heterocycles. The van der Waals surface area contributed by atoms with Crippen molar-refractivity contribution in [2.75, 3.05) is 19.0 Å². The number of fused-ring (bicyclic) bond motifs is 1. The maximum absolute atomic E-state index is 12.6. The number of nitrogens with zero attached hydrogens (tertiary/aromatic N) is 2. The largest absolute Gasteiger partial charge is 0.496 e. The first-order valence-electron chi connectivity index (χ1n) is 11.6. The van der Waals surface area contributed by atoms with E-state index in [4.69, 9.17) is 13.9 Å². The molecular formula is C27H26N4O7. The number of aromatic nitrogens is 2. The van der Waals surface area contributed by atoms with Crippen molar-refractivity contribution >= 4 is 34.4 Å². The van der Waals surface area contributed by atoms with Gasteiger partial charge in [-0.05, 0) is 38.1 Å². The summed E-state index contributed by atoms with van der Waals surface area (Å²) in [7, 11) is 1.48. The van der Waals surface area contributed by atoms with Crippen molar-refractivity contribution in [3.63, 3.8) is 0 Å². The summed E-state index contributed by atoms with van der Waals surface area (Å²) in [6.45, 7) is 3.66. The van der Waals surface area contributed by atoms with Crippen LogP contribution in [0.15, 0.2) is 65.5 Å². The fraction of sp³-hybridized carbons (Fsp3) is 0.222. The Bertz CT molecular complexity index is 1480. The predicted molar refractivity (Wildman–Crippen MR) is 138 cm³/mol. The summed E-state index contributed by atoms with van der Waals surface area (Å²) in [6, 6.07) is 13.3. The van der Waals surface area contributed by atoms with E-state index in [-0.39, 0.29) is 12.3 Å². The van der Waals surface area contributed by atoms with Crippen LogP contribution < -0.4 is 20.1 Å². The van der Waals surface area contributed by atoms with Crippen LogP contribution in [0.4, 0.5) is 5.69 Å². The van der Waals surface area contributed by atoms with E-state index >= 15 is 0 Å². The third kappa shape index (κ3) is 6.06. The highest BCUT2D eigenvalue weighted by Gasteiger charge is 2.25. The van der Waals surface area contributed by atoms with Gasteiger partial charge < -0.3 is 29.6 Å². The van der Waals surface area contributed by atoms with E-state index < -0.39 is 23.3 Å². The minimum atomic E-state index is -1.16. The molecule has 0 aliphatic heterocycles. The molecule has 2 aromatic carbocycles. The van der Waals surface area contributed by atoms with E-state index in [2.05, 4.69) is 20.6 Å². The lowest BCUT2D eigenvalue weighted by Crippen LogP contribution is -2.48. The smallest absolute Gasteiger partial charge is 0.354 e. The lowest BCUT2D eigenvalue weighted by molar-refractivity contribution is -0.137. The van der Waals surface area contributed by atoms with Gasteiger partial charge in [0.15, 0.2) is 17.8 Å². The summed E-state index contributed by atoms with van der Waals surface area (Å²) in [5.74, 6) is -1.52. The van der Waals surface area contributed by atoms with Crippen molar-refractivity contribution in [2.24, 2.45) is 0 Å². The number of nitrogens with one attached hydrogen (secondary N) is 2. The quantitative estimate of drug-likeness (QED) is 0.280. The van der Waals surface area contributed by atoms with E-state index in [1.54, 1.807) is 56.3 Å². The second kappa shape index (κ2) is 11.0. The first-order valence-corrected chi connectivity index (χ1v) is 11.6. The number of anilines is 1. The van der Waals surface area contributed by atoms with Crippen LogP contribution in [0.2, 0.25) is 0 Å². The molecule has 11 heteroatoms. The number of methoxy groups -OCH3 is 1. The van der Waals surface area contributed by atoms with Gasteiger partial charge in [-0.1, -0.05) is 12.1 Å². The van der Waals surface area contributed by atoms with Crippen LogP contribution in [0, 0.1) is 0 Å². The number of oxazole rings is 1. The molecule has 3 N–H and O–H groups in total. The van der Waals surface area contributed by atoms with Gasteiger partial charge in [-0.15, -0.1) is 0 Å². The number of amides is 2. The van der Waals surface area contributed by atoms with Crippen LogP contribution in [-0.2, 0) is 9.59 Å². The molecule has 0 spiro atoms. The van der Waals surface area contributed by atoms with Crippen LogP contribution in [0.5, 0.6) is 11.5 Å². The third-order valence-electron chi connectivity index (χ3n) is 5.70. The molecule has 2 heterocycles. The van der Waals surface area contributed by atoms with Gasteiger partial charge in [0.05, 0.1) is 31.0 Å². The fourth-order valence-corrected chi connectivity index (χ4v) is 3.72. The average Bonchev–Trinajstić information content (AvgIpc) is 3.42. The summed E-state index contributed by atoms with van der Waals surface area (Å²) in [4.78, 5) is 44.6. The molecule has 0 aliphatic carbocycles. The highest BCUT2D eigenvalue weighted by molar-refractivity contribution is 6.39. The maximum atomic E-state index is 12.6. The zero-order valence-corrected chi connectivity index (χ0v) is 21.0. The number of carbonyl (C=O) groups is 3. The molecule has 4 aromatic rings. The number of carboxylic acid groups (broad SMARTS) is 1. The van der Waals surface area contributed by atoms with Crippen molar-refractivity contribution in [1.82, 2.24) is 15.3 Å². The zero-order valence-electron chi connectivity index (χ0n) is 21.0. The van der Waals surface area contributed by atoms with Crippen molar-refractivity contribution in [3.05, 3.63) is 66.8 Å². The lowest BCUT2D eigenvalue weighted by Gasteiger charge is -2.26. The van der Waals surface area contributed by atoms with E-state index in [1.807, 2.05) is 0 Å². The molecular weight excluding hydrogens is 492 g/mol. The highest BCUT2D eigenvalue weighted by Crippen LogP contribution is 2.32. The predicted octanol–water partition coefficient (Wildman–Crippen LogP) is 3.90. The Morgan fingerprint density at radius 2 is 1.84 bits per heavy atom. The first kappa shape index (κ1) is 26.1. The van der Waals surface area contributed by atoms with Gasteiger partial charge in [-0.3, -0.25) is 9.59 Å². The van der Waals surface area contributed by atoms with Crippen molar-refractivity contribution in [3.8, 4) is 22.8 Å². The Hall–Kier alpha value is -4.93. The molecule has 0 bridgehead atoms. The second-order valence-corrected chi connectivity index (χ2v) is 9.00. The van der Waals surface area contributed by atoms with Crippen LogP contribution in [-0.4, -0.2) is 52.1 Å². The van der Waals surface area contributed by atoms with E-state index in [0.717, 1.165) is 0 Å². The topological polar surface area (TPSA) is 153 Å². The number of benzene rings is 2. The Labute approximate surface area is 217 Å². The summed E-state index contributed by atoms with van der Waals surface area (Å²) in [5.41, 5.74) is 0.572. The van der Waals surface area contributed by atoms with E-state index in [9.17, 15) is 19.5 Å². The normalized spacial score (nSPS) is 11.1. The Balaban J connectivity index is 1.36. The van der Waals surface area contributed by atoms with Crippen molar-refractivity contribution < 1.29 is 33.4 Å². The van der Waals surface area contributed by atoms with Crippen LogP contribution in [0.25, 0.3) is 22.2 Å². The van der Waals surface area contributed by atoms with Crippen LogP contribution in [0.1, 0.15) is 30.8 Å². The van der Waals surface area contributed by atoms with E-state index in [0.29, 0.717) is 45.8 Å².